The predicted molar refractivity (Wildman–Crippen MR) is 147 cm³/mol. The number of nitrogens with one attached hydrogen (secondary N) is 1. The van der Waals surface area contributed by atoms with E-state index in [1.54, 1.807) is 7.11 Å². The predicted octanol–water partition coefficient (Wildman–Crippen LogP) is 6.38. The molecular weight excluding hydrogens is 470 g/mol. The lowest BCUT2D eigenvalue weighted by atomic mass is 10.1. The molecule has 0 atom stereocenters. The largest absolute Gasteiger partial charge is 0.481 e. The topological polar surface area (TPSA) is 53.5 Å². The molecule has 0 bridgehead atoms. The normalized spacial score (nSPS) is 16.8. The summed E-state index contributed by atoms with van der Waals surface area (Å²) in [4.78, 5) is 14.7. The summed E-state index contributed by atoms with van der Waals surface area (Å²) in [5.74, 6) is 0.568. The average Bonchev–Trinajstić information content (AvgIpc) is 3.58. The first kappa shape index (κ1) is 23.5. The number of hydrogen-bond acceptors (Lipinski definition) is 6. The Kier molecular flexibility index (Phi) is 6.65. The van der Waals surface area contributed by atoms with E-state index < -0.39 is 0 Å². The molecule has 186 valence electrons. The molecule has 2 saturated heterocycles. The van der Waals surface area contributed by atoms with Gasteiger partial charge in [0.25, 0.3) is 0 Å². The van der Waals surface area contributed by atoms with Crippen molar-refractivity contribution >= 4 is 44.9 Å². The highest BCUT2D eigenvalue weighted by atomic mass is 35.5. The standard InChI is InChI=1S/C29H32ClN5O/c1-36-27-9-8-25-29(33-27)28(24-7-6-22(30)17-26(24)32-25)31-23-15-20(18-34-10-2-3-11-34)14-21(16-23)19-35-12-4-5-13-35/h6-9,14-17H,2-5,10-13,18-19H2,1H3,(H,31,32). The SMILES string of the molecule is COc1ccc2nc3cc(Cl)ccc3c(Nc3cc(CN4CCCC4)cc(CN4CCCC4)c3)c2n1. The molecule has 4 aromatic rings. The second-order valence-corrected chi connectivity index (χ2v) is 10.4. The lowest BCUT2D eigenvalue weighted by Gasteiger charge is -2.20. The highest BCUT2D eigenvalue weighted by Gasteiger charge is 2.17. The van der Waals surface area contributed by atoms with Crippen molar-refractivity contribution in [2.24, 2.45) is 0 Å². The average molecular weight is 502 g/mol. The minimum absolute atomic E-state index is 0.568. The van der Waals surface area contributed by atoms with Gasteiger partial charge >= 0.3 is 0 Å². The Balaban J connectivity index is 1.44. The van der Waals surface area contributed by atoms with Crippen LogP contribution in [0.1, 0.15) is 36.8 Å². The van der Waals surface area contributed by atoms with Gasteiger partial charge in [-0.3, -0.25) is 9.80 Å². The summed E-state index contributed by atoms with van der Waals surface area (Å²) in [5, 5.41) is 5.41. The number of methoxy groups -OCH3 is 1. The summed E-state index contributed by atoms with van der Waals surface area (Å²) in [6, 6.07) is 16.6. The van der Waals surface area contributed by atoms with Crippen LogP contribution in [0, 0.1) is 0 Å². The maximum Gasteiger partial charge on any atom is 0.213 e. The van der Waals surface area contributed by atoms with Crippen LogP contribution >= 0.6 is 11.6 Å². The van der Waals surface area contributed by atoms with Crippen LogP contribution in [0.25, 0.3) is 21.9 Å². The number of halogens is 1. The lowest BCUT2D eigenvalue weighted by molar-refractivity contribution is 0.326. The molecule has 4 heterocycles. The summed E-state index contributed by atoms with van der Waals surface area (Å²) in [5.41, 5.74) is 7.15. The van der Waals surface area contributed by atoms with Gasteiger partial charge in [-0.15, -0.1) is 0 Å². The van der Waals surface area contributed by atoms with Gasteiger partial charge in [0, 0.05) is 35.3 Å². The van der Waals surface area contributed by atoms with Crippen LogP contribution in [0.2, 0.25) is 5.02 Å². The van der Waals surface area contributed by atoms with E-state index in [4.69, 9.17) is 26.3 Å². The van der Waals surface area contributed by atoms with E-state index in [1.165, 1.54) is 63.0 Å². The van der Waals surface area contributed by atoms with Gasteiger partial charge in [-0.1, -0.05) is 17.7 Å². The number of aromatic nitrogens is 2. The van der Waals surface area contributed by atoms with Crippen LogP contribution in [-0.4, -0.2) is 53.1 Å². The Bertz CT molecular complexity index is 1360. The van der Waals surface area contributed by atoms with E-state index in [1.807, 2.05) is 30.3 Å². The molecule has 0 saturated carbocycles. The summed E-state index contributed by atoms with van der Waals surface area (Å²) in [7, 11) is 1.64. The van der Waals surface area contributed by atoms with Crippen LogP contribution in [0.3, 0.4) is 0 Å². The Labute approximate surface area is 217 Å². The van der Waals surface area contributed by atoms with Gasteiger partial charge in [0.2, 0.25) is 5.88 Å². The van der Waals surface area contributed by atoms with Crippen molar-refractivity contribution in [1.29, 1.82) is 0 Å². The van der Waals surface area contributed by atoms with Crippen LogP contribution in [0.5, 0.6) is 5.88 Å². The number of ether oxygens (including phenoxy) is 1. The third-order valence-corrected chi connectivity index (χ3v) is 7.53. The van der Waals surface area contributed by atoms with Gasteiger partial charge in [-0.2, -0.15) is 0 Å². The molecule has 0 radical (unpaired) electrons. The number of nitrogens with zero attached hydrogens (tertiary/aromatic N) is 4. The van der Waals surface area contributed by atoms with Crippen molar-refractivity contribution in [3.63, 3.8) is 0 Å². The van der Waals surface area contributed by atoms with E-state index in [-0.39, 0.29) is 0 Å². The summed E-state index contributed by atoms with van der Waals surface area (Å²) >= 11 is 6.33. The number of anilines is 2. The van der Waals surface area contributed by atoms with Crippen molar-refractivity contribution in [1.82, 2.24) is 19.8 Å². The van der Waals surface area contributed by atoms with E-state index in [2.05, 4.69) is 33.3 Å². The number of benzene rings is 2. The van der Waals surface area contributed by atoms with Gasteiger partial charge < -0.3 is 10.1 Å². The number of fused-ring (bicyclic) bond motifs is 2. The second-order valence-electron chi connectivity index (χ2n) is 10.00. The Morgan fingerprint density at radius 1 is 0.806 bits per heavy atom. The molecule has 2 aliphatic rings. The van der Waals surface area contributed by atoms with Gasteiger partial charge in [-0.05, 0) is 99.4 Å². The number of hydrogen-bond donors (Lipinski definition) is 1. The zero-order valence-electron chi connectivity index (χ0n) is 20.8. The third kappa shape index (κ3) is 4.99. The Morgan fingerprint density at radius 3 is 2.11 bits per heavy atom. The number of likely N-dealkylation sites (tertiary alicyclic amines) is 2. The molecule has 6 rings (SSSR count). The highest BCUT2D eigenvalue weighted by molar-refractivity contribution is 6.31. The molecule has 2 fully saturated rings. The molecule has 0 amide bonds. The van der Waals surface area contributed by atoms with Crippen LogP contribution in [-0.2, 0) is 13.1 Å². The van der Waals surface area contributed by atoms with Crippen LogP contribution < -0.4 is 10.1 Å². The van der Waals surface area contributed by atoms with Crippen molar-refractivity contribution in [2.75, 3.05) is 38.6 Å². The minimum Gasteiger partial charge on any atom is -0.481 e. The van der Waals surface area contributed by atoms with E-state index in [0.717, 1.165) is 46.4 Å². The van der Waals surface area contributed by atoms with Gasteiger partial charge in [0.1, 0.15) is 5.52 Å². The summed E-state index contributed by atoms with van der Waals surface area (Å²) in [6.45, 7) is 6.71. The lowest BCUT2D eigenvalue weighted by Crippen LogP contribution is -2.20. The molecule has 0 unspecified atom stereocenters. The summed E-state index contributed by atoms with van der Waals surface area (Å²) < 4.78 is 5.45. The van der Waals surface area contributed by atoms with E-state index >= 15 is 0 Å². The molecule has 36 heavy (non-hydrogen) atoms. The molecule has 6 nitrogen and oxygen atoms in total. The molecule has 1 N–H and O–H groups in total. The zero-order valence-corrected chi connectivity index (χ0v) is 21.5. The zero-order chi connectivity index (χ0) is 24.5. The van der Waals surface area contributed by atoms with E-state index in [0.29, 0.717) is 10.9 Å². The van der Waals surface area contributed by atoms with Crippen LogP contribution in [0.15, 0.2) is 48.5 Å². The third-order valence-electron chi connectivity index (χ3n) is 7.30. The fourth-order valence-corrected chi connectivity index (χ4v) is 5.74. The molecule has 0 spiro atoms. The first-order valence-corrected chi connectivity index (χ1v) is 13.3. The molecule has 2 aromatic heterocycles. The van der Waals surface area contributed by atoms with Crippen molar-refractivity contribution in [3.8, 4) is 5.88 Å². The van der Waals surface area contributed by atoms with Gasteiger partial charge in [0.05, 0.1) is 23.8 Å². The quantitative estimate of drug-likeness (QED) is 0.296. The molecular formula is C29H32ClN5O. The fourth-order valence-electron chi connectivity index (χ4n) is 5.57. The maximum absolute atomic E-state index is 6.33. The summed E-state index contributed by atoms with van der Waals surface area (Å²) in [6.07, 6.45) is 5.18. The fraction of sp³-hybridized carbons (Fsp3) is 0.379. The van der Waals surface area contributed by atoms with E-state index in [9.17, 15) is 0 Å². The number of pyridine rings is 2. The Hall–Kier alpha value is -2.93. The highest BCUT2D eigenvalue weighted by Crippen LogP contribution is 2.35. The first-order chi connectivity index (χ1) is 17.6. The molecule has 7 heteroatoms. The monoisotopic (exact) mass is 501 g/mol. The van der Waals surface area contributed by atoms with Crippen molar-refractivity contribution < 1.29 is 4.74 Å². The van der Waals surface area contributed by atoms with Crippen LogP contribution in [0.4, 0.5) is 11.4 Å². The maximum atomic E-state index is 6.33. The molecule has 0 aliphatic carbocycles. The van der Waals surface area contributed by atoms with Crippen molar-refractivity contribution in [3.05, 3.63) is 64.7 Å². The second kappa shape index (κ2) is 10.2. The number of rotatable bonds is 7. The van der Waals surface area contributed by atoms with Gasteiger partial charge in [0.15, 0.2) is 0 Å². The van der Waals surface area contributed by atoms with Gasteiger partial charge in [-0.25, -0.2) is 9.97 Å². The smallest absolute Gasteiger partial charge is 0.213 e. The van der Waals surface area contributed by atoms with Crippen molar-refractivity contribution in [2.45, 2.75) is 38.8 Å². The molecule has 2 aromatic carbocycles. The minimum atomic E-state index is 0.568. The Morgan fingerprint density at radius 2 is 1.47 bits per heavy atom. The molecule has 2 aliphatic heterocycles. The first-order valence-electron chi connectivity index (χ1n) is 12.9.